The Hall–Kier alpha value is -0.920. The summed E-state index contributed by atoms with van der Waals surface area (Å²) >= 11 is 0.813. The molecule has 0 bridgehead atoms. The molecule has 0 aromatic carbocycles. The van der Waals surface area contributed by atoms with Gasteiger partial charge < -0.3 is 5.11 Å². The summed E-state index contributed by atoms with van der Waals surface area (Å²) in [5.41, 5.74) is 0.625. The zero-order chi connectivity index (χ0) is 15.8. The minimum atomic E-state index is -3.64. The van der Waals surface area contributed by atoms with Gasteiger partial charge in [-0.1, -0.05) is 20.3 Å². The van der Waals surface area contributed by atoms with E-state index in [1.807, 2.05) is 0 Å². The Balaban J connectivity index is 2.19. The number of sulfonamides is 1. The van der Waals surface area contributed by atoms with Crippen LogP contribution in [0.15, 0.2) is 10.3 Å². The first kappa shape index (κ1) is 16.5. The van der Waals surface area contributed by atoms with Crippen molar-refractivity contribution >= 4 is 27.3 Å². The molecule has 0 saturated heterocycles. The molecule has 1 heterocycles. The average Bonchev–Trinajstić information content (AvgIpc) is 2.70. The van der Waals surface area contributed by atoms with E-state index in [1.165, 1.54) is 6.07 Å². The Labute approximate surface area is 129 Å². The zero-order valence-corrected chi connectivity index (χ0v) is 14.1. The number of thiophene rings is 1. The Bertz CT molecular complexity index is 646. The number of carboxylic acid groups (broad SMARTS) is 1. The molecule has 1 aromatic rings. The van der Waals surface area contributed by atoms with E-state index in [4.69, 9.17) is 5.11 Å². The minimum absolute atomic E-state index is 0.0746. The summed E-state index contributed by atoms with van der Waals surface area (Å²) in [5, 5.41) is 9.03. The molecule has 0 aliphatic heterocycles. The predicted molar refractivity (Wildman–Crippen MR) is 82.4 cm³/mol. The van der Waals surface area contributed by atoms with Crippen LogP contribution in [0.5, 0.6) is 0 Å². The van der Waals surface area contributed by atoms with E-state index in [1.54, 1.807) is 6.92 Å². The molecule has 1 unspecified atom stereocenters. The third kappa shape index (κ3) is 3.84. The summed E-state index contributed by atoms with van der Waals surface area (Å²) < 4.78 is 27.6. The molecule has 2 N–H and O–H groups in total. The summed E-state index contributed by atoms with van der Waals surface area (Å²) in [6.07, 6.45) is 3.75. The van der Waals surface area contributed by atoms with Gasteiger partial charge in [-0.25, -0.2) is 17.9 Å². The molecule has 1 atom stereocenters. The average molecular weight is 331 g/mol. The van der Waals surface area contributed by atoms with Gasteiger partial charge in [-0.15, -0.1) is 11.3 Å². The Morgan fingerprint density at radius 1 is 1.48 bits per heavy atom. The van der Waals surface area contributed by atoms with Crippen molar-refractivity contribution in [1.82, 2.24) is 4.72 Å². The van der Waals surface area contributed by atoms with Gasteiger partial charge in [0.05, 0.1) is 0 Å². The molecule has 1 aromatic heterocycles. The number of aryl methyl sites for hydroxylation is 1. The lowest BCUT2D eigenvalue weighted by molar-refractivity contribution is 0.0701. The number of hydrogen-bond donors (Lipinski definition) is 2. The van der Waals surface area contributed by atoms with Crippen molar-refractivity contribution in [1.29, 1.82) is 0 Å². The number of nitrogens with one attached hydrogen (secondary N) is 1. The summed E-state index contributed by atoms with van der Waals surface area (Å²) in [7, 11) is -3.64. The monoisotopic (exact) mass is 331 g/mol. The molecule has 1 aliphatic rings. The first-order valence-electron chi connectivity index (χ1n) is 6.97. The molecule has 1 aliphatic carbocycles. The van der Waals surface area contributed by atoms with Gasteiger partial charge in [0.2, 0.25) is 10.0 Å². The molecule has 5 nitrogen and oxygen atoms in total. The van der Waals surface area contributed by atoms with E-state index in [2.05, 4.69) is 18.6 Å². The van der Waals surface area contributed by atoms with Crippen LogP contribution in [-0.4, -0.2) is 25.5 Å². The van der Waals surface area contributed by atoms with Crippen LogP contribution in [0.3, 0.4) is 0 Å². The van der Waals surface area contributed by atoms with E-state index in [0.717, 1.165) is 37.0 Å². The van der Waals surface area contributed by atoms with Crippen LogP contribution < -0.4 is 4.72 Å². The van der Waals surface area contributed by atoms with Crippen molar-refractivity contribution < 1.29 is 18.3 Å². The second-order valence-corrected chi connectivity index (χ2v) is 9.45. The van der Waals surface area contributed by atoms with Gasteiger partial charge in [-0.3, -0.25) is 0 Å². The Kier molecular flexibility index (Phi) is 4.46. The van der Waals surface area contributed by atoms with Crippen molar-refractivity contribution in [3.63, 3.8) is 0 Å². The van der Waals surface area contributed by atoms with E-state index < -0.39 is 16.0 Å². The van der Waals surface area contributed by atoms with Crippen LogP contribution in [0.2, 0.25) is 0 Å². The highest BCUT2D eigenvalue weighted by Crippen LogP contribution is 2.36. The smallest absolute Gasteiger partial charge is 0.346 e. The van der Waals surface area contributed by atoms with Crippen molar-refractivity contribution in [2.24, 2.45) is 5.41 Å². The molecule has 1 saturated carbocycles. The minimum Gasteiger partial charge on any atom is -0.477 e. The molecule has 21 heavy (non-hydrogen) atoms. The molecule has 0 spiro atoms. The van der Waals surface area contributed by atoms with Gasteiger partial charge in [0.1, 0.15) is 9.09 Å². The predicted octanol–water partition coefficient (Wildman–Crippen LogP) is 3.00. The normalized spacial score (nSPS) is 22.1. The lowest BCUT2D eigenvalue weighted by atomic mass is 9.75. The zero-order valence-electron chi connectivity index (χ0n) is 12.5. The molecule has 118 valence electrons. The van der Waals surface area contributed by atoms with Gasteiger partial charge in [0.25, 0.3) is 0 Å². The lowest BCUT2D eigenvalue weighted by Gasteiger charge is -2.35. The van der Waals surface area contributed by atoms with Crippen LogP contribution in [-0.2, 0) is 10.0 Å². The third-order valence-corrected chi connectivity index (χ3v) is 7.10. The number of carbonyl (C=O) groups is 1. The standard InChI is InChI=1S/C14H21NO4S2/c1-9-7-11(20-12(9)13(16)17)21(18,19)15-10-5-4-6-14(2,3)8-10/h7,10,15H,4-6,8H2,1-3H3,(H,16,17). The number of aromatic carboxylic acids is 1. The summed E-state index contributed by atoms with van der Waals surface area (Å²) in [6.45, 7) is 5.90. The van der Waals surface area contributed by atoms with Crippen molar-refractivity contribution in [2.75, 3.05) is 0 Å². The third-order valence-electron chi connectivity index (χ3n) is 3.88. The summed E-state index contributed by atoms with van der Waals surface area (Å²) in [4.78, 5) is 11.1. The Morgan fingerprint density at radius 2 is 2.14 bits per heavy atom. The quantitative estimate of drug-likeness (QED) is 0.888. The highest BCUT2D eigenvalue weighted by Gasteiger charge is 2.31. The summed E-state index contributed by atoms with van der Waals surface area (Å²) in [6, 6.07) is 1.36. The van der Waals surface area contributed by atoms with Gasteiger partial charge in [0.15, 0.2) is 0 Å². The molecular formula is C14H21NO4S2. The van der Waals surface area contributed by atoms with Crippen LogP contribution in [0.4, 0.5) is 0 Å². The molecule has 2 rings (SSSR count). The molecule has 0 radical (unpaired) electrons. The fourth-order valence-corrected chi connectivity index (χ4v) is 5.54. The molecular weight excluding hydrogens is 310 g/mol. The topological polar surface area (TPSA) is 83.5 Å². The second kappa shape index (κ2) is 5.70. The van der Waals surface area contributed by atoms with Gasteiger partial charge in [0, 0.05) is 6.04 Å². The summed E-state index contributed by atoms with van der Waals surface area (Å²) in [5.74, 6) is -1.09. The van der Waals surface area contributed by atoms with Crippen LogP contribution >= 0.6 is 11.3 Å². The maximum atomic E-state index is 12.4. The largest absolute Gasteiger partial charge is 0.477 e. The van der Waals surface area contributed by atoms with Crippen LogP contribution in [0.25, 0.3) is 0 Å². The number of rotatable bonds is 4. The van der Waals surface area contributed by atoms with Crippen molar-refractivity contribution in [3.05, 3.63) is 16.5 Å². The van der Waals surface area contributed by atoms with Gasteiger partial charge in [-0.05, 0) is 43.2 Å². The van der Waals surface area contributed by atoms with Gasteiger partial charge >= 0.3 is 5.97 Å². The van der Waals surface area contributed by atoms with E-state index in [9.17, 15) is 13.2 Å². The number of hydrogen-bond acceptors (Lipinski definition) is 4. The van der Waals surface area contributed by atoms with E-state index in [-0.39, 0.29) is 20.5 Å². The SMILES string of the molecule is Cc1cc(S(=O)(=O)NC2CCCC(C)(C)C2)sc1C(=O)O. The van der Waals surface area contributed by atoms with Gasteiger partial charge in [-0.2, -0.15) is 0 Å². The van der Waals surface area contributed by atoms with Crippen LogP contribution in [0, 0.1) is 12.3 Å². The van der Waals surface area contributed by atoms with Crippen LogP contribution in [0.1, 0.15) is 54.8 Å². The fourth-order valence-electron chi connectivity index (χ4n) is 2.87. The maximum absolute atomic E-state index is 12.4. The van der Waals surface area contributed by atoms with Crippen molar-refractivity contribution in [2.45, 2.75) is 56.7 Å². The maximum Gasteiger partial charge on any atom is 0.346 e. The van der Waals surface area contributed by atoms with Crippen molar-refractivity contribution in [3.8, 4) is 0 Å². The van der Waals surface area contributed by atoms with E-state index >= 15 is 0 Å². The second-order valence-electron chi connectivity index (χ2n) is 6.46. The first-order chi connectivity index (χ1) is 9.61. The van der Waals surface area contributed by atoms with E-state index in [0.29, 0.717) is 5.56 Å². The first-order valence-corrected chi connectivity index (χ1v) is 9.27. The molecule has 1 fully saturated rings. The molecule has 7 heteroatoms. The fraction of sp³-hybridized carbons (Fsp3) is 0.643. The lowest BCUT2D eigenvalue weighted by Crippen LogP contribution is -2.40. The molecule has 0 amide bonds. The highest BCUT2D eigenvalue weighted by molar-refractivity contribution is 7.91. The number of carboxylic acids is 1. The Morgan fingerprint density at radius 3 is 2.67 bits per heavy atom. The highest BCUT2D eigenvalue weighted by atomic mass is 32.2.